The molecular weight excluding hydrogens is 373 g/mol. The molecule has 0 atom stereocenters. The van der Waals surface area contributed by atoms with Gasteiger partial charge in [-0.1, -0.05) is 6.07 Å². The van der Waals surface area contributed by atoms with Crippen molar-refractivity contribution in [3.8, 4) is 5.75 Å². The number of anilines is 1. The number of rotatable bonds is 4. The Labute approximate surface area is 150 Å². The van der Waals surface area contributed by atoms with E-state index in [0.29, 0.717) is 0 Å². The number of nitrogens with zero attached hydrogens (tertiary/aromatic N) is 2. The zero-order valence-corrected chi connectivity index (χ0v) is 13.6. The van der Waals surface area contributed by atoms with Crippen LogP contribution in [-0.2, 0) is 6.18 Å². The van der Waals surface area contributed by atoms with Gasteiger partial charge in [0.05, 0.1) is 16.7 Å². The Hall–Kier alpha value is -3.21. The van der Waals surface area contributed by atoms with Gasteiger partial charge in [-0.25, -0.2) is 0 Å². The van der Waals surface area contributed by atoms with Crippen molar-refractivity contribution in [1.29, 1.82) is 0 Å². The molecule has 11 heteroatoms. The van der Waals surface area contributed by atoms with Gasteiger partial charge in [-0.15, -0.1) is 0 Å². The molecule has 7 nitrogen and oxygen atoms in total. The first-order valence-electron chi connectivity index (χ1n) is 6.91. The Morgan fingerprint density at radius 2 is 2.00 bits per heavy atom. The number of aromatic hydroxyl groups is 1. The van der Waals surface area contributed by atoms with Crippen molar-refractivity contribution >= 4 is 34.9 Å². The highest BCUT2D eigenvalue weighted by Gasteiger charge is 2.30. The van der Waals surface area contributed by atoms with Crippen LogP contribution in [0, 0.1) is 10.1 Å². The third-order valence-corrected chi connectivity index (χ3v) is 3.23. The number of nitro benzene ring substituents is 1. The van der Waals surface area contributed by atoms with Crippen molar-refractivity contribution < 1.29 is 23.2 Å². The highest BCUT2D eigenvalue weighted by molar-refractivity contribution is 7.80. The van der Waals surface area contributed by atoms with E-state index in [9.17, 15) is 28.4 Å². The van der Waals surface area contributed by atoms with E-state index in [4.69, 9.17) is 12.2 Å². The number of halogens is 3. The topological polar surface area (TPSA) is 99.8 Å². The lowest BCUT2D eigenvalue weighted by Crippen LogP contribution is -2.24. The van der Waals surface area contributed by atoms with Gasteiger partial charge in [0.2, 0.25) is 0 Å². The van der Waals surface area contributed by atoms with Gasteiger partial charge in [-0.2, -0.15) is 18.3 Å². The Kier molecular flexibility index (Phi) is 5.72. The maximum atomic E-state index is 12.7. The smallest absolute Gasteiger partial charge is 0.416 e. The molecule has 2 aromatic rings. The summed E-state index contributed by atoms with van der Waals surface area (Å²) in [5, 5.41) is 26.4. The summed E-state index contributed by atoms with van der Waals surface area (Å²) in [5.74, 6) is -0.238. The van der Waals surface area contributed by atoms with Crippen molar-refractivity contribution in [1.82, 2.24) is 5.43 Å². The molecule has 0 saturated carbocycles. The van der Waals surface area contributed by atoms with Gasteiger partial charge in [0.25, 0.3) is 5.69 Å². The van der Waals surface area contributed by atoms with E-state index in [0.717, 1.165) is 36.5 Å². The minimum Gasteiger partial charge on any atom is -0.507 e. The summed E-state index contributed by atoms with van der Waals surface area (Å²) in [6.45, 7) is 0. The van der Waals surface area contributed by atoms with Gasteiger partial charge in [-0.3, -0.25) is 15.5 Å². The molecule has 0 amide bonds. The molecule has 0 aliphatic heterocycles. The number of nitrogens with one attached hydrogen (secondary N) is 2. The number of alkyl halides is 3. The molecule has 0 radical (unpaired) electrons. The Bertz CT molecular complexity index is 871. The van der Waals surface area contributed by atoms with Crippen LogP contribution >= 0.6 is 12.2 Å². The summed E-state index contributed by atoms with van der Waals surface area (Å²) >= 11 is 4.90. The van der Waals surface area contributed by atoms with Crippen LogP contribution in [0.15, 0.2) is 47.6 Å². The van der Waals surface area contributed by atoms with Crippen LogP contribution in [0.4, 0.5) is 24.5 Å². The molecule has 0 saturated heterocycles. The Balaban J connectivity index is 2.02. The SMILES string of the molecule is O=[N+]([O-])c1ccc(O)c(/C=N/NC(=S)Nc2cccc(C(F)(F)F)c2)c1. The van der Waals surface area contributed by atoms with Crippen LogP contribution in [0.2, 0.25) is 0 Å². The van der Waals surface area contributed by atoms with Crippen LogP contribution in [-0.4, -0.2) is 21.4 Å². The zero-order chi connectivity index (χ0) is 19.3. The number of hydrogen-bond donors (Lipinski definition) is 3. The predicted molar refractivity (Wildman–Crippen MR) is 93.2 cm³/mol. The molecule has 0 spiro atoms. The number of phenolic OH excluding ortho intramolecular Hbond substituents is 1. The molecule has 26 heavy (non-hydrogen) atoms. The molecule has 0 heterocycles. The average Bonchev–Trinajstić information content (AvgIpc) is 2.55. The molecular formula is C15H11F3N4O3S. The van der Waals surface area contributed by atoms with E-state index >= 15 is 0 Å². The van der Waals surface area contributed by atoms with Gasteiger partial charge in [0, 0.05) is 23.4 Å². The number of benzene rings is 2. The lowest BCUT2D eigenvalue weighted by molar-refractivity contribution is -0.384. The summed E-state index contributed by atoms with van der Waals surface area (Å²) in [6, 6.07) is 7.77. The minimum absolute atomic E-state index is 0.0635. The number of hydrazone groups is 1. The summed E-state index contributed by atoms with van der Waals surface area (Å²) in [4.78, 5) is 10.1. The second-order valence-corrected chi connectivity index (χ2v) is 5.31. The van der Waals surface area contributed by atoms with Crippen LogP contribution in [0.3, 0.4) is 0 Å². The molecule has 0 aliphatic carbocycles. The van der Waals surface area contributed by atoms with Crippen LogP contribution < -0.4 is 10.7 Å². The van der Waals surface area contributed by atoms with E-state index in [2.05, 4.69) is 15.8 Å². The quantitative estimate of drug-likeness (QED) is 0.322. The first-order valence-corrected chi connectivity index (χ1v) is 7.32. The maximum Gasteiger partial charge on any atom is 0.416 e. The second-order valence-electron chi connectivity index (χ2n) is 4.90. The molecule has 0 fully saturated rings. The van der Waals surface area contributed by atoms with Crippen molar-refractivity contribution in [3.63, 3.8) is 0 Å². The molecule has 0 aliphatic rings. The largest absolute Gasteiger partial charge is 0.507 e. The van der Waals surface area contributed by atoms with Gasteiger partial charge in [-0.05, 0) is 36.5 Å². The fraction of sp³-hybridized carbons (Fsp3) is 0.0667. The fourth-order valence-corrected chi connectivity index (χ4v) is 2.02. The van der Waals surface area contributed by atoms with E-state index in [1.54, 1.807) is 0 Å². The highest BCUT2D eigenvalue weighted by atomic mass is 32.1. The zero-order valence-electron chi connectivity index (χ0n) is 12.8. The van der Waals surface area contributed by atoms with E-state index in [1.807, 2.05) is 0 Å². The monoisotopic (exact) mass is 384 g/mol. The summed E-state index contributed by atoms with van der Waals surface area (Å²) in [6.07, 6.45) is -3.40. The number of nitro groups is 1. The second kappa shape index (κ2) is 7.78. The van der Waals surface area contributed by atoms with Crippen LogP contribution in [0.25, 0.3) is 0 Å². The molecule has 0 aromatic heterocycles. The summed E-state index contributed by atoms with van der Waals surface area (Å²) in [5.41, 5.74) is 1.43. The van der Waals surface area contributed by atoms with Crippen molar-refractivity contribution in [3.05, 3.63) is 63.7 Å². The predicted octanol–water partition coefficient (Wildman–Crippen LogP) is 3.64. The van der Waals surface area contributed by atoms with Crippen LogP contribution in [0.1, 0.15) is 11.1 Å². The number of non-ortho nitro benzene ring substituents is 1. The van der Waals surface area contributed by atoms with Crippen LogP contribution in [0.5, 0.6) is 5.75 Å². The first kappa shape index (κ1) is 19.1. The molecule has 0 unspecified atom stereocenters. The molecule has 2 rings (SSSR count). The fourth-order valence-electron chi connectivity index (χ4n) is 1.85. The molecule has 3 N–H and O–H groups in total. The van der Waals surface area contributed by atoms with Gasteiger partial charge in [0.15, 0.2) is 5.11 Å². The maximum absolute atomic E-state index is 12.7. The Morgan fingerprint density at radius 1 is 1.27 bits per heavy atom. The van der Waals surface area contributed by atoms with Crippen molar-refractivity contribution in [2.75, 3.05) is 5.32 Å². The molecule has 0 bridgehead atoms. The summed E-state index contributed by atoms with van der Waals surface area (Å²) in [7, 11) is 0. The number of hydrogen-bond acceptors (Lipinski definition) is 5. The highest BCUT2D eigenvalue weighted by Crippen LogP contribution is 2.30. The number of phenols is 1. The normalized spacial score (nSPS) is 11.3. The average molecular weight is 384 g/mol. The van der Waals surface area contributed by atoms with Crippen molar-refractivity contribution in [2.45, 2.75) is 6.18 Å². The molecule has 2 aromatic carbocycles. The van der Waals surface area contributed by atoms with Gasteiger partial charge in [0.1, 0.15) is 5.75 Å². The van der Waals surface area contributed by atoms with Crippen molar-refractivity contribution in [2.24, 2.45) is 5.10 Å². The minimum atomic E-state index is -4.48. The third-order valence-electron chi connectivity index (χ3n) is 3.04. The Morgan fingerprint density at radius 3 is 2.65 bits per heavy atom. The summed E-state index contributed by atoms with van der Waals surface area (Å²) < 4.78 is 38.0. The molecule has 136 valence electrons. The number of thiocarbonyl (C=S) groups is 1. The first-order chi connectivity index (χ1) is 12.2. The van der Waals surface area contributed by atoms with Gasteiger partial charge < -0.3 is 10.4 Å². The third kappa shape index (κ3) is 5.14. The lowest BCUT2D eigenvalue weighted by atomic mass is 10.2. The van der Waals surface area contributed by atoms with E-state index < -0.39 is 16.7 Å². The lowest BCUT2D eigenvalue weighted by Gasteiger charge is -2.10. The van der Waals surface area contributed by atoms with Gasteiger partial charge >= 0.3 is 6.18 Å². The standard InChI is InChI=1S/C15H11F3N4O3S/c16-15(17,18)10-2-1-3-11(7-10)20-14(26)21-19-8-9-6-12(22(24)25)4-5-13(9)23/h1-8,23H,(H2,20,21,26)/b19-8+. The van der Waals surface area contributed by atoms with E-state index in [-0.39, 0.29) is 27.8 Å². The van der Waals surface area contributed by atoms with E-state index in [1.165, 1.54) is 12.1 Å².